The van der Waals surface area contributed by atoms with Crippen molar-refractivity contribution >= 4 is 7.82 Å². The van der Waals surface area contributed by atoms with Crippen molar-refractivity contribution < 1.29 is 28.1 Å². The van der Waals surface area contributed by atoms with E-state index < -0.39 is 13.9 Å². The predicted molar refractivity (Wildman–Crippen MR) is 108 cm³/mol. The van der Waals surface area contributed by atoms with Gasteiger partial charge in [-0.25, -0.2) is 0 Å². The zero-order chi connectivity index (χ0) is 20.8. The summed E-state index contributed by atoms with van der Waals surface area (Å²) in [4.78, 5) is 20.3. The van der Waals surface area contributed by atoms with Gasteiger partial charge in [-0.05, 0) is 19.9 Å². The number of nitrogens with one attached hydrogen (secondary N) is 1. The SMILES string of the molecule is CCCCCCCCCNCC(CC(C[N+](C)(C)C)OP(=O)([O-])O)OCC. The predicted octanol–water partition coefficient (Wildman–Crippen LogP) is 2.67. The van der Waals surface area contributed by atoms with Crippen LogP contribution < -0.4 is 10.2 Å². The number of ether oxygens (including phenoxy) is 1. The lowest BCUT2D eigenvalue weighted by molar-refractivity contribution is -0.873. The fourth-order valence-electron chi connectivity index (χ4n) is 3.16. The Kier molecular flexibility index (Phi) is 14.9. The van der Waals surface area contributed by atoms with Gasteiger partial charge in [-0.1, -0.05) is 45.4 Å². The maximum absolute atomic E-state index is 11.2. The molecule has 0 fully saturated rings. The van der Waals surface area contributed by atoms with Crippen LogP contribution in [0.4, 0.5) is 0 Å². The highest BCUT2D eigenvalue weighted by Gasteiger charge is 2.26. The molecule has 0 radical (unpaired) electrons. The molecule has 0 aromatic carbocycles. The summed E-state index contributed by atoms with van der Waals surface area (Å²) in [6.45, 7) is 6.74. The molecule has 2 N–H and O–H groups in total. The van der Waals surface area contributed by atoms with E-state index in [4.69, 9.17) is 14.2 Å². The Morgan fingerprint density at radius 3 is 2.15 bits per heavy atom. The van der Waals surface area contributed by atoms with Crippen molar-refractivity contribution in [1.29, 1.82) is 0 Å². The molecule has 0 spiro atoms. The van der Waals surface area contributed by atoms with Crippen LogP contribution >= 0.6 is 7.82 Å². The molecule has 0 aromatic rings. The Hall–Kier alpha value is -0.0100. The Morgan fingerprint density at radius 2 is 1.63 bits per heavy atom. The first-order valence-electron chi connectivity index (χ1n) is 10.4. The van der Waals surface area contributed by atoms with E-state index in [1.54, 1.807) is 0 Å². The highest BCUT2D eigenvalue weighted by Crippen LogP contribution is 2.34. The lowest BCUT2D eigenvalue weighted by Gasteiger charge is -2.33. The van der Waals surface area contributed by atoms with Gasteiger partial charge in [0.05, 0.1) is 27.2 Å². The lowest BCUT2D eigenvalue weighted by atomic mass is 10.1. The number of phosphoric acid groups is 1. The van der Waals surface area contributed by atoms with Crippen molar-refractivity contribution in [2.45, 2.75) is 77.4 Å². The molecule has 0 heterocycles. The van der Waals surface area contributed by atoms with Crippen LogP contribution in [0, 0.1) is 0 Å². The van der Waals surface area contributed by atoms with E-state index >= 15 is 0 Å². The number of quaternary nitrogens is 1. The van der Waals surface area contributed by atoms with E-state index in [1.165, 1.54) is 38.5 Å². The first-order chi connectivity index (χ1) is 12.6. The molecule has 0 aliphatic carbocycles. The molecule has 8 heteroatoms. The number of unbranched alkanes of at least 4 members (excludes halogenated alkanes) is 6. The van der Waals surface area contributed by atoms with Gasteiger partial charge >= 0.3 is 0 Å². The minimum Gasteiger partial charge on any atom is -0.756 e. The Labute approximate surface area is 166 Å². The Bertz CT molecular complexity index is 398. The first-order valence-corrected chi connectivity index (χ1v) is 11.9. The van der Waals surface area contributed by atoms with Gasteiger partial charge in [-0.3, -0.25) is 4.57 Å². The number of hydrogen-bond donors (Lipinski definition) is 2. The first kappa shape index (κ1) is 27.0. The molecule has 3 atom stereocenters. The summed E-state index contributed by atoms with van der Waals surface area (Å²) in [6.07, 6.45) is 8.55. The third-order valence-electron chi connectivity index (χ3n) is 4.29. The molecule has 0 aromatic heterocycles. The molecule has 0 saturated carbocycles. The molecule has 164 valence electrons. The van der Waals surface area contributed by atoms with Gasteiger partial charge in [0.25, 0.3) is 7.82 Å². The van der Waals surface area contributed by atoms with Crippen LogP contribution in [0.1, 0.15) is 65.2 Å². The quantitative estimate of drug-likeness (QED) is 0.205. The highest BCUT2D eigenvalue weighted by molar-refractivity contribution is 7.44. The molecule has 0 bridgehead atoms. The van der Waals surface area contributed by atoms with Crippen LogP contribution in [0.3, 0.4) is 0 Å². The maximum Gasteiger partial charge on any atom is 0.265 e. The van der Waals surface area contributed by atoms with Gasteiger partial charge in [-0.15, -0.1) is 0 Å². The molecule has 0 aliphatic rings. The molecule has 3 unspecified atom stereocenters. The van der Waals surface area contributed by atoms with Crippen LogP contribution in [0.25, 0.3) is 0 Å². The van der Waals surface area contributed by atoms with Crippen molar-refractivity contribution in [3.05, 3.63) is 0 Å². The van der Waals surface area contributed by atoms with Crippen molar-refractivity contribution in [2.75, 3.05) is 47.4 Å². The summed E-state index contributed by atoms with van der Waals surface area (Å²) in [6, 6.07) is 0. The van der Waals surface area contributed by atoms with Gasteiger partial charge in [0.15, 0.2) is 0 Å². The second kappa shape index (κ2) is 14.9. The van der Waals surface area contributed by atoms with Gasteiger partial charge in [0, 0.05) is 19.6 Å². The minimum absolute atomic E-state index is 0.150. The number of phosphoric ester groups is 1. The van der Waals surface area contributed by atoms with Crippen molar-refractivity contribution in [1.82, 2.24) is 5.32 Å². The lowest BCUT2D eigenvalue weighted by Crippen LogP contribution is -2.45. The van der Waals surface area contributed by atoms with Crippen molar-refractivity contribution in [2.24, 2.45) is 0 Å². The van der Waals surface area contributed by atoms with E-state index in [-0.39, 0.29) is 6.10 Å². The van der Waals surface area contributed by atoms with Gasteiger partial charge in [-0.2, -0.15) is 0 Å². The van der Waals surface area contributed by atoms with Crippen LogP contribution in [0.2, 0.25) is 0 Å². The molecule has 0 aliphatic heterocycles. The summed E-state index contributed by atoms with van der Waals surface area (Å²) < 4.78 is 22.4. The second-order valence-corrected chi connectivity index (χ2v) is 9.46. The van der Waals surface area contributed by atoms with E-state index in [2.05, 4.69) is 12.2 Å². The average molecular weight is 411 g/mol. The molecular weight excluding hydrogens is 367 g/mol. The number of nitrogens with zero attached hydrogens (tertiary/aromatic N) is 1. The van der Waals surface area contributed by atoms with Crippen LogP contribution in [-0.4, -0.2) is 69.0 Å². The summed E-state index contributed by atoms with van der Waals surface area (Å²) in [5.74, 6) is 0. The van der Waals surface area contributed by atoms with E-state index in [1.807, 2.05) is 28.1 Å². The molecule has 0 amide bonds. The smallest absolute Gasteiger partial charge is 0.265 e. The second-order valence-electron chi connectivity index (χ2n) is 8.31. The third-order valence-corrected chi connectivity index (χ3v) is 4.86. The maximum atomic E-state index is 11.2. The number of rotatable bonds is 18. The Balaban J connectivity index is 4.27. The van der Waals surface area contributed by atoms with E-state index in [0.717, 1.165) is 13.0 Å². The van der Waals surface area contributed by atoms with Crippen LogP contribution in [0.5, 0.6) is 0 Å². The Morgan fingerprint density at radius 1 is 1.04 bits per heavy atom. The highest BCUT2D eigenvalue weighted by atomic mass is 31.2. The monoisotopic (exact) mass is 410 g/mol. The topological polar surface area (TPSA) is 90.9 Å². The van der Waals surface area contributed by atoms with Crippen molar-refractivity contribution in [3.63, 3.8) is 0 Å². The summed E-state index contributed by atoms with van der Waals surface area (Å²) in [7, 11) is 1.10. The molecular formula is C19H43N2O5P. The summed E-state index contributed by atoms with van der Waals surface area (Å²) >= 11 is 0. The van der Waals surface area contributed by atoms with Crippen LogP contribution in [0.15, 0.2) is 0 Å². The minimum atomic E-state index is -4.77. The standard InChI is InChI=1S/C19H43N2O5P/c1-6-8-9-10-11-12-13-14-20-16-18(25-7-2)15-19(17-21(3,4)5)26-27(22,23)24/h18-20H,6-17H2,1-5H3,(H-,22,23,24). The molecule has 0 saturated heterocycles. The van der Waals surface area contributed by atoms with Gasteiger partial charge < -0.3 is 28.8 Å². The van der Waals surface area contributed by atoms with E-state index in [9.17, 15) is 9.46 Å². The largest absolute Gasteiger partial charge is 0.756 e. The zero-order valence-electron chi connectivity index (χ0n) is 18.1. The fraction of sp³-hybridized carbons (Fsp3) is 1.00. The molecule has 7 nitrogen and oxygen atoms in total. The molecule has 0 rings (SSSR count). The van der Waals surface area contributed by atoms with Gasteiger partial charge in [0.1, 0.15) is 12.6 Å². The average Bonchev–Trinajstić information content (AvgIpc) is 2.50. The van der Waals surface area contributed by atoms with Crippen molar-refractivity contribution in [3.8, 4) is 0 Å². The zero-order valence-corrected chi connectivity index (χ0v) is 19.0. The summed E-state index contributed by atoms with van der Waals surface area (Å²) in [5.41, 5.74) is 0. The van der Waals surface area contributed by atoms with Gasteiger partial charge in [0.2, 0.25) is 0 Å². The van der Waals surface area contributed by atoms with E-state index in [0.29, 0.717) is 30.6 Å². The normalized spacial score (nSPS) is 16.9. The molecule has 27 heavy (non-hydrogen) atoms. The number of likely N-dealkylation sites (N-methyl/N-ethyl adjacent to an activating group) is 1. The number of hydrogen-bond acceptors (Lipinski definition) is 5. The third kappa shape index (κ3) is 19.1. The van der Waals surface area contributed by atoms with Crippen LogP contribution in [-0.2, 0) is 13.8 Å². The fourth-order valence-corrected chi connectivity index (χ4v) is 3.69. The summed E-state index contributed by atoms with van der Waals surface area (Å²) in [5, 5.41) is 3.41.